The monoisotopic (exact) mass is 562 g/mol. The van der Waals surface area contributed by atoms with Crippen LogP contribution in [0.25, 0.3) is 0 Å². The number of ether oxygens (including phenoxy) is 2. The largest absolute Gasteiger partial charge is 0.390 e. The summed E-state index contributed by atoms with van der Waals surface area (Å²) in [6.07, 6.45) is 9.15. The number of aliphatic hydroxyl groups excluding tert-OH is 3. The SMILES string of the molecule is CC(CCC(C)C(C)(C)O)C1CCC2C3CC=C4CC(OC5OC(C)C(O)C(O)C5O)CCC4(C)C3CCC12C. The van der Waals surface area contributed by atoms with Crippen LogP contribution in [0.3, 0.4) is 0 Å². The van der Waals surface area contributed by atoms with E-state index in [-0.39, 0.29) is 11.5 Å². The molecule has 5 aliphatic rings. The highest BCUT2D eigenvalue weighted by molar-refractivity contribution is 5.25. The predicted octanol–water partition coefficient (Wildman–Crippen LogP) is 5.60. The minimum Gasteiger partial charge on any atom is -0.390 e. The van der Waals surface area contributed by atoms with Crippen LogP contribution in [-0.4, -0.2) is 62.8 Å². The lowest BCUT2D eigenvalue weighted by molar-refractivity contribution is -0.305. The van der Waals surface area contributed by atoms with E-state index in [1.54, 1.807) is 6.92 Å². The quantitative estimate of drug-likeness (QED) is 0.302. The van der Waals surface area contributed by atoms with Gasteiger partial charge >= 0.3 is 0 Å². The van der Waals surface area contributed by atoms with Gasteiger partial charge in [0.15, 0.2) is 6.29 Å². The Morgan fingerprint density at radius 2 is 1.70 bits per heavy atom. The molecule has 1 heterocycles. The standard InChI is InChI=1S/C34H58O6/c1-19(8-9-20(2)32(4,5)38)25-12-13-26-24-11-10-22-18-23(40-31-30(37)29(36)28(35)21(3)39-31)14-16-33(22,6)27(24)15-17-34(25,26)7/h10,19-21,23-31,35-38H,8-9,11-18H2,1-7H3. The first kappa shape index (κ1) is 30.9. The Morgan fingerprint density at radius 3 is 2.40 bits per heavy atom. The van der Waals surface area contributed by atoms with Crippen LogP contribution in [0.5, 0.6) is 0 Å². The van der Waals surface area contributed by atoms with Crippen LogP contribution >= 0.6 is 0 Å². The fourth-order valence-electron chi connectivity index (χ4n) is 10.1. The first-order valence-electron chi connectivity index (χ1n) is 16.4. The van der Waals surface area contributed by atoms with E-state index >= 15 is 0 Å². The van der Waals surface area contributed by atoms with E-state index < -0.39 is 36.3 Å². The van der Waals surface area contributed by atoms with Gasteiger partial charge in [0, 0.05) is 0 Å². The molecule has 40 heavy (non-hydrogen) atoms. The number of aliphatic hydroxyl groups is 4. The smallest absolute Gasteiger partial charge is 0.186 e. The van der Waals surface area contributed by atoms with Gasteiger partial charge in [0.1, 0.15) is 18.3 Å². The van der Waals surface area contributed by atoms with E-state index in [1.165, 1.54) is 44.1 Å². The molecule has 4 aliphatic carbocycles. The highest BCUT2D eigenvalue weighted by Gasteiger charge is 2.59. The summed E-state index contributed by atoms with van der Waals surface area (Å²) in [7, 11) is 0. The molecule has 0 radical (unpaired) electrons. The van der Waals surface area contributed by atoms with Crippen molar-refractivity contribution in [2.24, 2.45) is 46.3 Å². The number of hydrogen-bond donors (Lipinski definition) is 4. The highest BCUT2D eigenvalue weighted by Crippen LogP contribution is 2.67. The van der Waals surface area contributed by atoms with Crippen molar-refractivity contribution >= 4 is 0 Å². The minimum atomic E-state index is -1.25. The van der Waals surface area contributed by atoms with Gasteiger partial charge in [0.05, 0.1) is 17.8 Å². The summed E-state index contributed by atoms with van der Waals surface area (Å²) < 4.78 is 12.0. The molecule has 0 aromatic heterocycles. The lowest BCUT2D eigenvalue weighted by atomic mass is 9.47. The fourth-order valence-corrected chi connectivity index (χ4v) is 10.1. The molecule has 6 nitrogen and oxygen atoms in total. The van der Waals surface area contributed by atoms with Gasteiger partial charge in [-0.1, -0.05) is 45.8 Å². The summed E-state index contributed by atoms with van der Waals surface area (Å²) in [6, 6.07) is 0. The van der Waals surface area contributed by atoms with Crippen LogP contribution in [0.1, 0.15) is 113 Å². The summed E-state index contributed by atoms with van der Waals surface area (Å²) in [6.45, 7) is 15.4. The van der Waals surface area contributed by atoms with Gasteiger partial charge in [-0.2, -0.15) is 0 Å². The van der Waals surface area contributed by atoms with Crippen molar-refractivity contribution < 1.29 is 29.9 Å². The zero-order valence-electron chi connectivity index (χ0n) is 26.2. The van der Waals surface area contributed by atoms with Crippen molar-refractivity contribution in [2.45, 2.75) is 155 Å². The summed E-state index contributed by atoms with van der Waals surface area (Å²) in [5.74, 6) is 4.10. The summed E-state index contributed by atoms with van der Waals surface area (Å²) in [5.41, 5.74) is 1.56. The van der Waals surface area contributed by atoms with Crippen LogP contribution in [0.4, 0.5) is 0 Å². The minimum absolute atomic E-state index is 0.0398. The van der Waals surface area contributed by atoms with Gasteiger partial charge in [0.25, 0.3) is 0 Å². The summed E-state index contributed by atoms with van der Waals surface area (Å²) in [5, 5.41) is 41.2. The molecule has 5 rings (SSSR count). The van der Waals surface area contributed by atoms with Crippen molar-refractivity contribution in [1.29, 1.82) is 0 Å². The van der Waals surface area contributed by atoms with Crippen molar-refractivity contribution in [3.63, 3.8) is 0 Å². The molecular weight excluding hydrogens is 504 g/mol. The third-order valence-electron chi connectivity index (χ3n) is 13.2. The van der Waals surface area contributed by atoms with Crippen molar-refractivity contribution in [2.75, 3.05) is 0 Å². The molecule has 1 saturated heterocycles. The van der Waals surface area contributed by atoms with E-state index in [4.69, 9.17) is 9.47 Å². The molecule has 1 aliphatic heterocycles. The van der Waals surface area contributed by atoms with Gasteiger partial charge in [-0.3, -0.25) is 0 Å². The van der Waals surface area contributed by atoms with Crippen LogP contribution in [0, 0.1) is 46.3 Å². The second-order valence-corrected chi connectivity index (χ2v) is 15.8. The molecular formula is C34H58O6. The van der Waals surface area contributed by atoms with Gasteiger partial charge in [-0.05, 0) is 125 Å². The van der Waals surface area contributed by atoms with Crippen molar-refractivity contribution in [3.05, 3.63) is 11.6 Å². The molecule has 0 amide bonds. The Labute approximate surface area is 242 Å². The third kappa shape index (κ3) is 5.36. The topological polar surface area (TPSA) is 99.4 Å². The Hall–Kier alpha value is -0.500. The average Bonchev–Trinajstić information content (AvgIpc) is 3.25. The van der Waals surface area contributed by atoms with E-state index in [9.17, 15) is 20.4 Å². The van der Waals surface area contributed by atoms with Gasteiger partial charge in [0.2, 0.25) is 0 Å². The van der Waals surface area contributed by atoms with Crippen molar-refractivity contribution in [1.82, 2.24) is 0 Å². The number of rotatable bonds is 7. The van der Waals surface area contributed by atoms with Crippen molar-refractivity contribution in [3.8, 4) is 0 Å². The first-order valence-corrected chi connectivity index (χ1v) is 16.4. The Morgan fingerprint density at radius 1 is 0.975 bits per heavy atom. The van der Waals surface area contributed by atoms with E-state index in [2.05, 4.69) is 33.8 Å². The van der Waals surface area contributed by atoms with Crippen LogP contribution < -0.4 is 0 Å². The number of fused-ring (bicyclic) bond motifs is 5. The third-order valence-corrected chi connectivity index (χ3v) is 13.2. The molecule has 14 atom stereocenters. The lowest BCUT2D eigenvalue weighted by Crippen LogP contribution is -2.58. The number of allylic oxidation sites excluding steroid dienone is 1. The zero-order valence-corrected chi connectivity index (χ0v) is 26.2. The first-order chi connectivity index (χ1) is 18.7. The maximum atomic E-state index is 10.5. The normalized spacial score (nSPS) is 48.9. The predicted molar refractivity (Wildman–Crippen MR) is 156 cm³/mol. The second kappa shape index (κ2) is 11.2. The molecule has 6 heteroatoms. The molecule has 14 unspecified atom stereocenters. The molecule has 0 aromatic carbocycles. The van der Waals surface area contributed by atoms with Crippen LogP contribution in [-0.2, 0) is 9.47 Å². The van der Waals surface area contributed by atoms with Gasteiger partial charge in [-0.25, -0.2) is 0 Å². The fraction of sp³-hybridized carbons (Fsp3) is 0.941. The van der Waals surface area contributed by atoms with Gasteiger partial charge in [-0.15, -0.1) is 0 Å². The van der Waals surface area contributed by atoms with E-state index in [0.29, 0.717) is 17.3 Å². The maximum Gasteiger partial charge on any atom is 0.186 e. The van der Waals surface area contributed by atoms with Gasteiger partial charge < -0.3 is 29.9 Å². The lowest BCUT2D eigenvalue weighted by Gasteiger charge is -2.58. The Bertz CT molecular complexity index is 928. The molecule has 4 fully saturated rings. The average molecular weight is 563 g/mol. The summed E-state index contributed by atoms with van der Waals surface area (Å²) in [4.78, 5) is 0. The Balaban J connectivity index is 1.24. The van der Waals surface area contributed by atoms with E-state index in [1.807, 2.05) is 13.8 Å². The van der Waals surface area contributed by atoms with Crippen LogP contribution in [0.15, 0.2) is 11.6 Å². The van der Waals surface area contributed by atoms with Crippen LogP contribution in [0.2, 0.25) is 0 Å². The summed E-state index contributed by atoms with van der Waals surface area (Å²) >= 11 is 0. The second-order valence-electron chi connectivity index (χ2n) is 15.8. The highest BCUT2D eigenvalue weighted by atomic mass is 16.7. The molecule has 0 spiro atoms. The zero-order chi connectivity index (χ0) is 29.2. The van der Waals surface area contributed by atoms with E-state index in [0.717, 1.165) is 49.4 Å². The molecule has 0 bridgehead atoms. The Kier molecular flexibility index (Phi) is 8.67. The maximum absolute atomic E-state index is 10.5. The molecule has 230 valence electrons. The molecule has 0 aromatic rings. The number of hydrogen-bond acceptors (Lipinski definition) is 6. The molecule has 3 saturated carbocycles. The molecule has 4 N–H and O–H groups in total.